The molecule has 1 aliphatic rings. The van der Waals surface area contributed by atoms with Crippen molar-refractivity contribution in [3.63, 3.8) is 0 Å². The summed E-state index contributed by atoms with van der Waals surface area (Å²) >= 11 is 0. The van der Waals surface area contributed by atoms with Gasteiger partial charge in [-0.1, -0.05) is 19.8 Å². The number of ether oxygens (including phenoxy) is 1. The molecule has 0 aliphatic carbocycles. The molecule has 0 radical (unpaired) electrons. The van der Waals surface area contributed by atoms with Crippen molar-refractivity contribution in [3.8, 4) is 0 Å². The van der Waals surface area contributed by atoms with Crippen LogP contribution in [-0.2, 0) is 4.74 Å². The van der Waals surface area contributed by atoms with Crippen LogP contribution in [0.2, 0.25) is 0 Å². The molecule has 1 nitrogen and oxygen atoms in total. The minimum Gasteiger partial charge on any atom is -0.498 e. The van der Waals surface area contributed by atoms with Crippen LogP contribution in [0.4, 0.5) is 0 Å². The molecule has 0 atom stereocenters. The van der Waals surface area contributed by atoms with E-state index >= 15 is 0 Å². The van der Waals surface area contributed by atoms with Crippen LogP contribution in [0.25, 0.3) is 0 Å². The minimum atomic E-state index is 0.918. The van der Waals surface area contributed by atoms with Crippen LogP contribution in [0.1, 0.15) is 39.0 Å². The average molecular weight is 140 g/mol. The number of rotatable bonds is 4. The summed E-state index contributed by atoms with van der Waals surface area (Å²) in [5.41, 5.74) is 0. The highest BCUT2D eigenvalue weighted by Crippen LogP contribution is 2.15. The summed E-state index contributed by atoms with van der Waals surface area (Å²) in [5.74, 6) is 1.23. The van der Waals surface area contributed by atoms with Crippen molar-refractivity contribution in [1.82, 2.24) is 0 Å². The van der Waals surface area contributed by atoms with Crippen LogP contribution >= 0.6 is 0 Å². The Morgan fingerprint density at radius 3 is 3.00 bits per heavy atom. The van der Waals surface area contributed by atoms with Gasteiger partial charge in [0.25, 0.3) is 0 Å². The van der Waals surface area contributed by atoms with Gasteiger partial charge < -0.3 is 4.74 Å². The van der Waals surface area contributed by atoms with Crippen molar-refractivity contribution in [2.45, 2.75) is 39.0 Å². The second-order valence-electron chi connectivity index (χ2n) is 2.76. The van der Waals surface area contributed by atoms with Gasteiger partial charge in [-0.05, 0) is 12.5 Å². The lowest BCUT2D eigenvalue weighted by Gasteiger charge is -2.01. The first kappa shape index (κ1) is 7.64. The van der Waals surface area contributed by atoms with Crippen molar-refractivity contribution >= 4 is 0 Å². The zero-order chi connectivity index (χ0) is 7.23. The van der Waals surface area contributed by atoms with E-state index in [0.29, 0.717) is 0 Å². The number of hydrogen-bond acceptors (Lipinski definition) is 1. The summed E-state index contributed by atoms with van der Waals surface area (Å²) in [4.78, 5) is 0. The third-order valence-corrected chi connectivity index (χ3v) is 1.80. The smallest absolute Gasteiger partial charge is 0.0921 e. The first-order chi connectivity index (χ1) is 4.93. The van der Waals surface area contributed by atoms with E-state index in [-0.39, 0.29) is 0 Å². The lowest BCUT2D eigenvalue weighted by atomic mass is 10.2. The van der Waals surface area contributed by atoms with E-state index in [1.54, 1.807) is 0 Å². The lowest BCUT2D eigenvalue weighted by molar-refractivity contribution is 0.232. The maximum Gasteiger partial charge on any atom is 0.0921 e. The fraction of sp³-hybridized carbons (Fsp3) is 0.778. The highest BCUT2D eigenvalue weighted by Gasteiger charge is 2.03. The Kier molecular flexibility index (Phi) is 3.34. The molecule has 0 amide bonds. The van der Waals surface area contributed by atoms with Crippen molar-refractivity contribution in [3.05, 3.63) is 11.8 Å². The van der Waals surface area contributed by atoms with Gasteiger partial charge in [-0.2, -0.15) is 0 Å². The standard InChI is InChI=1S/C9H16O/c1-2-3-4-6-9-7-5-8-10-9/h7H,2-6,8H2,1H3. The van der Waals surface area contributed by atoms with Gasteiger partial charge in [0.2, 0.25) is 0 Å². The van der Waals surface area contributed by atoms with Gasteiger partial charge in [0.1, 0.15) is 0 Å². The van der Waals surface area contributed by atoms with Gasteiger partial charge >= 0.3 is 0 Å². The fourth-order valence-electron chi connectivity index (χ4n) is 1.19. The van der Waals surface area contributed by atoms with Gasteiger partial charge in [0.05, 0.1) is 12.4 Å². The molecule has 0 aromatic rings. The van der Waals surface area contributed by atoms with E-state index in [2.05, 4.69) is 13.0 Å². The molecule has 1 rings (SSSR count). The molecule has 0 aromatic heterocycles. The maximum atomic E-state index is 5.36. The van der Waals surface area contributed by atoms with E-state index < -0.39 is 0 Å². The lowest BCUT2D eigenvalue weighted by Crippen LogP contribution is -1.85. The Bertz CT molecular complexity index is 116. The molecule has 58 valence electrons. The van der Waals surface area contributed by atoms with Crippen LogP contribution < -0.4 is 0 Å². The van der Waals surface area contributed by atoms with Gasteiger partial charge in [-0.3, -0.25) is 0 Å². The molecule has 1 aliphatic heterocycles. The SMILES string of the molecule is CCCCCC1=CCCO1. The maximum absolute atomic E-state index is 5.36. The molecule has 0 aromatic carbocycles. The number of hydrogen-bond donors (Lipinski definition) is 0. The molecule has 0 saturated heterocycles. The van der Waals surface area contributed by atoms with E-state index in [1.165, 1.54) is 25.0 Å². The van der Waals surface area contributed by atoms with Gasteiger partial charge in [0.15, 0.2) is 0 Å². The Morgan fingerprint density at radius 2 is 2.40 bits per heavy atom. The van der Waals surface area contributed by atoms with Crippen LogP contribution in [-0.4, -0.2) is 6.61 Å². The van der Waals surface area contributed by atoms with Crippen LogP contribution in [0.3, 0.4) is 0 Å². The monoisotopic (exact) mass is 140 g/mol. The van der Waals surface area contributed by atoms with Crippen molar-refractivity contribution in [2.24, 2.45) is 0 Å². The molecule has 0 bridgehead atoms. The fourth-order valence-corrected chi connectivity index (χ4v) is 1.19. The van der Waals surface area contributed by atoms with E-state index in [0.717, 1.165) is 19.4 Å². The topological polar surface area (TPSA) is 9.23 Å². The molecule has 10 heavy (non-hydrogen) atoms. The molecule has 0 spiro atoms. The first-order valence-electron chi connectivity index (χ1n) is 4.25. The molecule has 1 heterocycles. The normalized spacial score (nSPS) is 16.7. The summed E-state index contributed by atoms with van der Waals surface area (Å²) in [6.07, 6.45) is 8.43. The van der Waals surface area contributed by atoms with Gasteiger partial charge in [-0.15, -0.1) is 0 Å². The summed E-state index contributed by atoms with van der Waals surface area (Å²) in [7, 11) is 0. The van der Waals surface area contributed by atoms with Crippen molar-refractivity contribution in [2.75, 3.05) is 6.61 Å². The molecule has 1 heteroatoms. The molecular weight excluding hydrogens is 124 g/mol. The Labute approximate surface area is 63.1 Å². The largest absolute Gasteiger partial charge is 0.498 e. The van der Waals surface area contributed by atoms with Crippen molar-refractivity contribution < 1.29 is 4.74 Å². The van der Waals surface area contributed by atoms with Gasteiger partial charge in [0, 0.05) is 12.8 Å². The minimum absolute atomic E-state index is 0.918. The zero-order valence-corrected chi connectivity index (χ0v) is 6.73. The molecule has 0 fully saturated rings. The Balaban J connectivity index is 2.01. The van der Waals surface area contributed by atoms with E-state index in [9.17, 15) is 0 Å². The zero-order valence-electron chi connectivity index (χ0n) is 6.73. The van der Waals surface area contributed by atoms with E-state index in [1.807, 2.05) is 0 Å². The Hall–Kier alpha value is -0.460. The predicted molar refractivity (Wildman–Crippen MR) is 42.8 cm³/mol. The first-order valence-corrected chi connectivity index (χ1v) is 4.25. The third-order valence-electron chi connectivity index (χ3n) is 1.80. The highest BCUT2D eigenvalue weighted by molar-refractivity contribution is 4.97. The second kappa shape index (κ2) is 4.37. The van der Waals surface area contributed by atoms with Crippen LogP contribution in [0.5, 0.6) is 0 Å². The predicted octanol–water partition coefficient (Wildman–Crippen LogP) is 2.87. The van der Waals surface area contributed by atoms with Gasteiger partial charge in [-0.25, -0.2) is 0 Å². The summed E-state index contributed by atoms with van der Waals surface area (Å²) in [6, 6.07) is 0. The quantitative estimate of drug-likeness (QED) is 0.545. The Morgan fingerprint density at radius 1 is 1.50 bits per heavy atom. The number of allylic oxidation sites excluding steroid dienone is 1. The summed E-state index contributed by atoms with van der Waals surface area (Å²) in [6.45, 7) is 3.14. The van der Waals surface area contributed by atoms with Crippen LogP contribution in [0, 0.1) is 0 Å². The highest BCUT2D eigenvalue weighted by atomic mass is 16.5. The molecule has 0 saturated carbocycles. The second-order valence-corrected chi connectivity index (χ2v) is 2.76. The molecular formula is C9H16O. The van der Waals surface area contributed by atoms with E-state index in [4.69, 9.17) is 4.74 Å². The van der Waals surface area contributed by atoms with Crippen molar-refractivity contribution in [1.29, 1.82) is 0 Å². The molecule has 0 unspecified atom stereocenters. The molecule has 0 N–H and O–H groups in total. The number of unbranched alkanes of at least 4 members (excludes halogenated alkanes) is 2. The summed E-state index contributed by atoms with van der Waals surface area (Å²) in [5, 5.41) is 0. The van der Waals surface area contributed by atoms with Crippen LogP contribution in [0.15, 0.2) is 11.8 Å². The third kappa shape index (κ3) is 2.42. The average Bonchev–Trinajstić information content (AvgIpc) is 2.41. The summed E-state index contributed by atoms with van der Waals surface area (Å²) < 4.78 is 5.36.